The first-order chi connectivity index (χ1) is 14.4. The van der Waals surface area contributed by atoms with Crippen LogP contribution in [-0.4, -0.2) is 52.2 Å². The van der Waals surface area contributed by atoms with E-state index in [1.807, 2.05) is 19.2 Å². The molecule has 10 heteroatoms. The molecule has 0 unspecified atom stereocenters. The highest BCUT2D eigenvalue weighted by atomic mass is 32.2. The lowest BCUT2D eigenvalue weighted by molar-refractivity contribution is 0.340. The van der Waals surface area contributed by atoms with E-state index in [4.69, 9.17) is 0 Å². The fourth-order valence-corrected chi connectivity index (χ4v) is 5.51. The van der Waals surface area contributed by atoms with Crippen molar-refractivity contribution in [3.8, 4) is 0 Å². The molecule has 1 saturated carbocycles. The van der Waals surface area contributed by atoms with Gasteiger partial charge < -0.3 is 9.88 Å². The van der Waals surface area contributed by atoms with Crippen LogP contribution in [0, 0.1) is 12.8 Å². The molecular formula is C20H27N7O2S. The van der Waals surface area contributed by atoms with Gasteiger partial charge in [0.25, 0.3) is 0 Å². The number of H-pyrrole nitrogens is 1. The molecule has 1 fully saturated rings. The summed E-state index contributed by atoms with van der Waals surface area (Å²) in [6.45, 7) is 2.02. The SMILES string of the molecule is Cc1cnc(CNS(=O)(=O)CC2CCC(N(C)c3ncnc4[nH]ccc34)CC2)cn1. The van der Waals surface area contributed by atoms with Crippen LogP contribution >= 0.6 is 0 Å². The first-order valence-electron chi connectivity index (χ1n) is 10.2. The summed E-state index contributed by atoms with van der Waals surface area (Å²) >= 11 is 0. The molecule has 0 bridgehead atoms. The monoisotopic (exact) mass is 429 g/mol. The summed E-state index contributed by atoms with van der Waals surface area (Å²) in [5, 5.41) is 1.01. The summed E-state index contributed by atoms with van der Waals surface area (Å²) in [4.78, 5) is 22.4. The number of aromatic amines is 1. The quantitative estimate of drug-likeness (QED) is 0.591. The lowest BCUT2D eigenvalue weighted by Gasteiger charge is -2.35. The number of aromatic nitrogens is 5. The summed E-state index contributed by atoms with van der Waals surface area (Å²) in [6.07, 6.45) is 10.3. The van der Waals surface area contributed by atoms with Crippen LogP contribution < -0.4 is 9.62 Å². The van der Waals surface area contributed by atoms with Crippen molar-refractivity contribution in [2.75, 3.05) is 17.7 Å². The second-order valence-electron chi connectivity index (χ2n) is 7.97. The molecule has 160 valence electrons. The van der Waals surface area contributed by atoms with Gasteiger partial charge in [-0.2, -0.15) is 0 Å². The molecule has 1 aliphatic carbocycles. The van der Waals surface area contributed by atoms with Gasteiger partial charge in [-0.1, -0.05) is 0 Å². The predicted octanol–water partition coefficient (Wildman–Crippen LogP) is 2.17. The second-order valence-corrected chi connectivity index (χ2v) is 9.83. The minimum atomic E-state index is -3.36. The van der Waals surface area contributed by atoms with Crippen LogP contribution in [0.3, 0.4) is 0 Å². The number of anilines is 1. The minimum absolute atomic E-state index is 0.151. The zero-order valence-corrected chi connectivity index (χ0v) is 18.1. The minimum Gasteiger partial charge on any atom is -0.356 e. The molecule has 1 aliphatic rings. The topological polar surface area (TPSA) is 117 Å². The fraction of sp³-hybridized carbons (Fsp3) is 0.500. The Morgan fingerprint density at radius 1 is 1.13 bits per heavy atom. The maximum Gasteiger partial charge on any atom is 0.212 e. The van der Waals surface area contributed by atoms with Gasteiger partial charge in [0.05, 0.1) is 35.3 Å². The van der Waals surface area contributed by atoms with Gasteiger partial charge in [-0.15, -0.1) is 0 Å². The number of aryl methyl sites for hydroxylation is 1. The van der Waals surface area contributed by atoms with Crippen LogP contribution in [0.1, 0.15) is 37.1 Å². The van der Waals surface area contributed by atoms with Gasteiger partial charge in [-0.3, -0.25) is 9.97 Å². The van der Waals surface area contributed by atoms with E-state index in [0.717, 1.165) is 48.2 Å². The molecule has 0 amide bonds. The van der Waals surface area contributed by atoms with Crippen LogP contribution in [0.15, 0.2) is 31.0 Å². The first kappa shape index (κ1) is 20.7. The van der Waals surface area contributed by atoms with Crippen molar-refractivity contribution >= 4 is 26.9 Å². The highest BCUT2D eigenvalue weighted by Gasteiger charge is 2.28. The summed E-state index contributed by atoms with van der Waals surface area (Å²) in [6, 6.07) is 2.33. The second kappa shape index (κ2) is 8.65. The number of sulfonamides is 1. The highest BCUT2D eigenvalue weighted by Crippen LogP contribution is 2.31. The molecule has 3 aromatic heterocycles. The third-order valence-corrected chi connectivity index (χ3v) is 7.29. The Labute approximate surface area is 176 Å². The molecule has 0 atom stereocenters. The summed E-state index contributed by atoms with van der Waals surface area (Å²) in [5.74, 6) is 1.23. The number of hydrogen-bond acceptors (Lipinski definition) is 7. The highest BCUT2D eigenvalue weighted by molar-refractivity contribution is 7.89. The van der Waals surface area contributed by atoms with Crippen LogP contribution in [-0.2, 0) is 16.6 Å². The molecule has 0 aliphatic heterocycles. The summed E-state index contributed by atoms with van der Waals surface area (Å²) in [7, 11) is -1.30. The zero-order valence-electron chi connectivity index (χ0n) is 17.2. The molecule has 4 rings (SSSR count). The smallest absolute Gasteiger partial charge is 0.212 e. The molecule has 3 aromatic rings. The van der Waals surface area contributed by atoms with Gasteiger partial charge in [0.2, 0.25) is 10.0 Å². The predicted molar refractivity (Wildman–Crippen MR) is 115 cm³/mol. The Morgan fingerprint density at radius 3 is 2.67 bits per heavy atom. The summed E-state index contributed by atoms with van der Waals surface area (Å²) < 4.78 is 27.7. The van der Waals surface area contributed by atoms with Crippen molar-refractivity contribution < 1.29 is 8.42 Å². The average molecular weight is 430 g/mol. The van der Waals surface area contributed by atoms with Crippen molar-refractivity contribution in [2.24, 2.45) is 5.92 Å². The maximum absolute atomic E-state index is 12.5. The van der Waals surface area contributed by atoms with Gasteiger partial charge >= 0.3 is 0 Å². The standard InChI is InChI=1S/C20H27N7O2S/c1-14-9-23-16(10-22-14)11-26-30(28,29)12-15-3-5-17(6-4-15)27(2)20-18-7-8-21-19(18)24-13-25-20/h7-10,13,15,17,26H,3-6,11-12H2,1-2H3,(H,21,24,25). The van der Waals surface area contributed by atoms with Gasteiger partial charge in [0, 0.05) is 25.5 Å². The number of nitrogens with one attached hydrogen (secondary N) is 2. The van der Waals surface area contributed by atoms with Crippen molar-refractivity contribution in [3.63, 3.8) is 0 Å². The number of fused-ring (bicyclic) bond motifs is 1. The Morgan fingerprint density at radius 2 is 1.93 bits per heavy atom. The van der Waals surface area contributed by atoms with Gasteiger partial charge in [0.15, 0.2) is 0 Å². The van der Waals surface area contributed by atoms with E-state index < -0.39 is 10.0 Å². The third-order valence-electron chi connectivity index (χ3n) is 5.79. The molecular weight excluding hydrogens is 402 g/mol. The molecule has 3 heterocycles. The molecule has 0 aromatic carbocycles. The summed E-state index contributed by atoms with van der Waals surface area (Å²) in [5.41, 5.74) is 2.26. The van der Waals surface area contributed by atoms with Gasteiger partial charge in [0.1, 0.15) is 17.8 Å². The lowest BCUT2D eigenvalue weighted by atomic mass is 9.86. The Kier molecular flexibility index (Phi) is 5.96. The van der Waals surface area contributed by atoms with Crippen molar-refractivity contribution in [1.82, 2.24) is 29.6 Å². The van der Waals surface area contributed by atoms with E-state index >= 15 is 0 Å². The van der Waals surface area contributed by atoms with Crippen molar-refractivity contribution in [1.29, 1.82) is 0 Å². The van der Waals surface area contributed by atoms with Gasteiger partial charge in [-0.25, -0.2) is 23.1 Å². The number of rotatable bonds is 7. The van der Waals surface area contributed by atoms with Crippen LogP contribution in [0.25, 0.3) is 11.0 Å². The zero-order chi connectivity index (χ0) is 21.1. The number of hydrogen-bond donors (Lipinski definition) is 2. The lowest BCUT2D eigenvalue weighted by Crippen LogP contribution is -2.38. The molecule has 0 spiro atoms. The van der Waals surface area contributed by atoms with E-state index in [0.29, 0.717) is 11.7 Å². The van der Waals surface area contributed by atoms with Crippen LogP contribution in [0.2, 0.25) is 0 Å². The van der Waals surface area contributed by atoms with Crippen molar-refractivity contribution in [2.45, 2.75) is 45.2 Å². The third kappa shape index (κ3) is 4.76. The Bertz CT molecular complexity index is 1090. The fourth-order valence-electron chi connectivity index (χ4n) is 4.08. The Balaban J connectivity index is 1.30. The number of nitrogens with zero attached hydrogens (tertiary/aromatic N) is 5. The van der Waals surface area contributed by atoms with Crippen LogP contribution in [0.5, 0.6) is 0 Å². The van der Waals surface area contributed by atoms with E-state index in [9.17, 15) is 8.42 Å². The van der Waals surface area contributed by atoms with E-state index in [1.54, 1.807) is 18.7 Å². The molecule has 9 nitrogen and oxygen atoms in total. The maximum atomic E-state index is 12.5. The van der Waals surface area contributed by atoms with Gasteiger partial charge in [-0.05, 0) is 44.6 Å². The van der Waals surface area contributed by atoms with E-state index in [1.165, 1.54) is 0 Å². The largest absolute Gasteiger partial charge is 0.356 e. The molecule has 0 saturated heterocycles. The van der Waals surface area contributed by atoms with Crippen molar-refractivity contribution in [3.05, 3.63) is 42.4 Å². The van der Waals surface area contributed by atoms with Crippen LogP contribution in [0.4, 0.5) is 5.82 Å². The average Bonchev–Trinajstić information content (AvgIpc) is 3.22. The normalized spacial score (nSPS) is 19.8. The first-order valence-corrected chi connectivity index (χ1v) is 11.8. The van der Waals surface area contributed by atoms with E-state index in [2.05, 4.69) is 41.6 Å². The Hall–Kier alpha value is -2.59. The van der Waals surface area contributed by atoms with E-state index in [-0.39, 0.29) is 18.2 Å². The molecule has 0 radical (unpaired) electrons. The molecule has 2 N–H and O–H groups in total. The molecule has 30 heavy (non-hydrogen) atoms.